The summed E-state index contributed by atoms with van der Waals surface area (Å²) in [5.41, 5.74) is 2.00. The fraction of sp³-hybridized carbons (Fsp3) is 0.211. The highest BCUT2D eigenvalue weighted by molar-refractivity contribution is 6.32. The second-order valence-electron chi connectivity index (χ2n) is 5.39. The Hall–Kier alpha value is -2.26. The van der Waals surface area contributed by atoms with Gasteiger partial charge in [-0.15, -0.1) is 0 Å². The van der Waals surface area contributed by atoms with Crippen LogP contribution in [0.3, 0.4) is 0 Å². The lowest BCUT2D eigenvalue weighted by atomic mass is 10.2. The topological polar surface area (TPSA) is 38.3 Å². The molecule has 0 unspecified atom stereocenters. The molecule has 0 heterocycles. The van der Waals surface area contributed by atoms with E-state index in [2.05, 4.69) is 5.32 Å². The Balaban J connectivity index is 1.80. The average Bonchev–Trinajstić information content (AvgIpc) is 2.53. The monoisotopic (exact) mass is 329 g/mol. The normalized spacial score (nSPS) is 12.1. The molecule has 3 nitrogen and oxygen atoms in total. The highest BCUT2D eigenvalue weighted by atomic mass is 35.5. The Morgan fingerprint density at radius 1 is 1.22 bits per heavy atom. The Labute approximate surface area is 141 Å². The number of carbonyl (C=O) groups excluding carboxylic acids is 1. The quantitative estimate of drug-likeness (QED) is 0.805. The van der Waals surface area contributed by atoms with Crippen LogP contribution < -0.4 is 10.1 Å². The van der Waals surface area contributed by atoms with Gasteiger partial charge in [0, 0.05) is 11.1 Å². The third-order valence-corrected chi connectivity index (χ3v) is 3.57. The number of amides is 1. The molecule has 2 aromatic carbocycles. The van der Waals surface area contributed by atoms with Crippen molar-refractivity contribution in [3.05, 3.63) is 70.8 Å². The van der Waals surface area contributed by atoms with E-state index >= 15 is 0 Å². The van der Waals surface area contributed by atoms with E-state index in [1.807, 2.05) is 56.3 Å². The first-order chi connectivity index (χ1) is 11.0. The van der Waals surface area contributed by atoms with Gasteiger partial charge in [0.25, 0.3) is 0 Å². The molecule has 0 spiro atoms. The standard InChI is InChI=1S/C19H20ClNO2/c1-14-7-10-17(11-8-14)23-13-15(2)21-19(22)12-9-16-5-3-4-6-18(16)20/h3-12,15H,13H2,1-2H3,(H,21,22)/b12-9+/t15-/m0/s1. The fourth-order valence-electron chi connectivity index (χ4n) is 1.96. The summed E-state index contributed by atoms with van der Waals surface area (Å²) < 4.78 is 5.65. The molecule has 0 aliphatic carbocycles. The van der Waals surface area contributed by atoms with E-state index in [1.165, 1.54) is 11.6 Å². The van der Waals surface area contributed by atoms with Gasteiger partial charge in [-0.2, -0.15) is 0 Å². The summed E-state index contributed by atoms with van der Waals surface area (Å²) in [4.78, 5) is 11.9. The summed E-state index contributed by atoms with van der Waals surface area (Å²) in [5.74, 6) is 0.619. The van der Waals surface area contributed by atoms with Gasteiger partial charge in [-0.1, -0.05) is 47.5 Å². The molecule has 0 aliphatic heterocycles. The van der Waals surface area contributed by atoms with Crippen molar-refractivity contribution in [2.45, 2.75) is 19.9 Å². The van der Waals surface area contributed by atoms with Gasteiger partial charge in [0.1, 0.15) is 12.4 Å². The maximum atomic E-state index is 11.9. The minimum Gasteiger partial charge on any atom is -0.491 e. The van der Waals surface area contributed by atoms with E-state index < -0.39 is 0 Å². The number of carbonyl (C=O) groups is 1. The number of benzene rings is 2. The molecule has 0 radical (unpaired) electrons. The molecular weight excluding hydrogens is 310 g/mol. The van der Waals surface area contributed by atoms with E-state index in [-0.39, 0.29) is 11.9 Å². The third-order valence-electron chi connectivity index (χ3n) is 3.23. The summed E-state index contributed by atoms with van der Waals surface area (Å²) in [6.07, 6.45) is 3.18. The van der Waals surface area contributed by atoms with Crippen LogP contribution in [-0.2, 0) is 4.79 Å². The van der Waals surface area contributed by atoms with Crippen molar-refractivity contribution < 1.29 is 9.53 Å². The third kappa shape index (κ3) is 5.80. The molecule has 0 saturated heterocycles. The highest BCUT2D eigenvalue weighted by Crippen LogP contribution is 2.16. The second-order valence-corrected chi connectivity index (χ2v) is 5.80. The van der Waals surface area contributed by atoms with Crippen LogP contribution in [-0.4, -0.2) is 18.6 Å². The first-order valence-corrected chi connectivity index (χ1v) is 7.85. The highest BCUT2D eigenvalue weighted by Gasteiger charge is 2.06. The molecule has 4 heteroatoms. The first kappa shape index (κ1) is 17.1. The van der Waals surface area contributed by atoms with Crippen LogP contribution in [0.2, 0.25) is 5.02 Å². The SMILES string of the molecule is Cc1ccc(OC[C@H](C)NC(=O)/C=C/c2ccccc2Cl)cc1. The van der Waals surface area contributed by atoms with Crippen LogP contribution in [0, 0.1) is 6.92 Å². The summed E-state index contributed by atoms with van der Waals surface area (Å²) in [6, 6.07) is 15.1. The minimum absolute atomic E-state index is 0.0975. The van der Waals surface area contributed by atoms with Crippen molar-refractivity contribution in [3.8, 4) is 5.75 Å². The van der Waals surface area contributed by atoms with Crippen LogP contribution >= 0.6 is 11.6 Å². The van der Waals surface area contributed by atoms with Crippen molar-refractivity contribution >= 4 is 23.6 Å². The molecule has 0 bridgehead atoms. The maximum absolute atomic E-state index is 11.9. The summed E-state index contributed by atoms with van der Waals surface area (Å²) in [6.45, 7) is 4.34. The number of halogens is 1. The zero-order valence-corrected chi connectivity index (χ0v) is 14.0. The number of nitrogens with one attached hydrogen (secondary N) is 1. The summed E-state index contributed by atoms with van der Waals surface area (Å²) in [5, 5.41) is 3.48. The smallest absolute Gasteiger partial charge is 0.244 e. The van der Waals surface area contributed by atoms with Crippen LogP contribution in [0.25, 0.3) is 6.08 Å². The molecule has 1 atom stereocenters. The largest absolute Gasteiger partial charge is 0.491 e. The molecule has 2 rings (SSSR count). The lowest BCUT2D eigenvalue weighted by molar-refractivity contribution is -0.117. The Morgan fingerprint density at radius 3 is 2.61 bits per heavy atom. The fourth-order valence-corrected chi connectivity index (χ4v) is 2.16. The predicted molar refractivity (Wildman–Crippen MR) is 94.8 cm³/mol. The van der Waals surface area contributed by atoms with E-state index in [9.17, 15) is 4.79 Å². The van der Waals surface area contributed by atoms with Crippen LogP contribution in [0.5, 0.6) is 5.75 Å². The van der Waals surface area contributed by atoms with Crippen molar-refractivity contribution in [1.82, 2.24) is 5.32 Å². The molecule has 2 aromatic rings. The van der Waals surface area contributed by atoms with Gasteiger partial charge >= 0.3 is 0 Å². The van der Waals surface area contributed by atoms with Gasteiger partial charge in [0.15, 0.2) is 0 Å². The second kappa shape index (κ2) is 8.39. The van der Waals surface area contributed by atoms with Crippen molar-refractivity contribution in [3.63, 3.8) is 0 Å². The molecule has 1 amide bonds. The van der Waals surface area contributed by atoms with Gasteiger partial charge in [-0.25, -0.2) is 0 Å². The van der Waals surface area contributed by atoms with Gasteiger partial charge in [0.05, 0.1) is 6.04 Å². The van der Waals surface area contributed by atoms with Gasteiger partial charge < -0.3 is 10.1 Å². The number of ether oxygens (including phenoxy) is 1. The molecule has 0 fully saturated rings. The van der Waals surface area contributed by atoms with E-state index in [4.69, 9.17) is 16.3 Å². The maximum Gasteiger partial charge on any atom is 0.244 e. The number of rotatable bonds is 6. The Morgan fingerprint density at radius 2 is 1.91 bits per heavy atom. The Bertz CT molecular complexity index is 680. The summed E-state index contributed by atoms with van der Waals surface area (Å²) >= 11 is 6.04. The number of hydrogen-bond donors (Lipinski definition) is 1. The molecule has 0 aromatic heterocycles. The predicted octanol–water partition coefficient (Wildman–Crippen LogP) is 4.25. The number of hydrogen-bond acceptors (Lipinski definition) is 2. The van der Waals surface area contributed by atoms with Crippen molar-refractivity contribution in [2.24, 2.45) is 0 Å². The molecule has 0 saturated carbocycles. The van der Waals surface area contributed by atoms with E-state index in [0.717, 1.165) is 11.3 Å². The molecule has 120 valence electrons. The molecule has 23 heavy (non-hydrogen) atoms. The van der Waals surface area contributed by atoms with Gasteiger partial charge in [-0.3, -0.25) is 4.79 Å². The van der Waals surface area contributed by atoms with E-state index in [1.54, 1.807) is 12.1 Å². The zero-order chi connectivity index (χ0) is 16.7. The molecular formula is C19H20ClNO2. The lowest BCUT2D eigenvalue weighted by Crippen LogP contribution is -2.35. The van der Waals surface area contributed by atoms with Gasteiger partial charge in [0.2, 0.25) is 5.91 Å². The van der Waals surface area contributed by atoms with Crippen molar-refractivity contribution in [1.29, 1.82) is 0 Å². The average molecular weight is 330 g/mol. The van der Waals surface area contributed by atoms with Gasteiger partial charge in [-0.05, 0) is 43.7 Å². The van der Waals surface area contributed by atoms with Crippen molar-refractivity contribution in [2.75, 3.05) is 6.61 Å². The van der Waals surface area contributed by atoms with Crippen LogP contribution in [0.4, 0.5) is 0 Å². The van der Waals surface area contributed by atoms with E-state index in [0.29, 0.717) is 11.6 Å². The van der Waals surface area contributed by atoms with Crippen LogP contribution in [0.1, 0.15) is 18.1 Å². The Kier molecular flexibility index (Phi) is 6.24. The van der Waals surface area contributed by atoms with Crippen LogP contribution in [0.15, 0.2) is 54.6 Å². The molecule has 1 N–H and O–H groups in total. The first-order valence-electron chi connectivity index (χ1n) is 7.47. The zero-order valence-electron chi connectivity index (χ0n) is 13.3. The minimum atomic E-state index is -0.176. The molecule has 0 aliphatic rings. The number of aryl methyl sites for hydroxylation is 1. The lowest BCUT2D eigenvalue weighted by Gasteiger charge is -2.14. The summed E-state index contributed by atoms with van der Waals surface area (Å²) in [7, 11) is 0.